The number of hydrogen-bond donors (Lipinski definition) is 0. The van der Waals surface area contributed by atoms with Crippen molar-refractivity contribution < 1.29 is 9.47 Å². The van der Waals surface area contributed by atoms with Crippen molar-refractivity contribution in [1.82, 2.24) is 4.90 Å². The Morgan fingerprint density at radius 2 is 1.81 bits per heavy atom. The molecule has 3 heteroatoms. The van der Waals surface area contributed by atoms with Crippen LogP contribution in [-0.2, 0) is 9.47 Å². The average Bonchev–Trinajstić information content (AvgIpc) is 3.43. The Kier molecular flexibility index (Phi) is 4.78. The lowest BCUT2D eigenvalue weighted by atomic mass is 9.58. The van der Waals surface area contributed by atoms with Gasteiger partial charge in [-0.25, -0.2) is 0 Å². The van der Waals surface area contributed by atoms with Gasteiger partial charge in [0.15, 0.2) is 0 Å². The molecule has 3 heterocycles. The summed E-state index contributed by atoms with van der Waals surface area (Å²) < 4.78 is 13.2. The minimum absolute atomic E-state index is 0.0160. The van der Waals surface area contributed by atoms with Crippen molar-refractivity contribution >= 4 is 10.8 Å². The van der Waals surface area contributed by atoms with Gasteiger partial charge >= 0.3 is 0 Å². The van der Waals surface area contributed by atoms with Gasteiger partial charge in [-0.3, -0.25) is 4.90 Å². The van der Waals surface area contributed by atoms with Crippen molar-refractivity contribution in [2.75, 3.05) is 26.3 Å². The molecule has 2 aromatic carbocycles. The van der Waals surface area contributed by atoms with Gasteiger partial charge in [-0.05, 0) is 96.1 Å². The summed E-state index contributed by atoms with van der Waals surface area (Å²) in [7, 11) is 0. The maximum Gasteiger partial charge on any atom is 0.0974 e. The molecule has 8 rings (SSSR count). The summed E-state index contributed by atoms with van der Waals surface area (Å²) in [5.41, 5.74) is 4.88. The lowest BCUT2D eigenvalue weighted by Gasteiger charge is -2.55. The van der Waals surface area contributed by atoms with E-state index in [1.54, 1.807) is 5.57 Å². The van der Waals surface area contributed by atoms with Gasteiger partial charge in [0.25, 0.3) is 0 Å². The first-order valence-electron chi connectivity index (χ1n) is 14.5. The monoisotopic (exact) mass is 481 g/mol. The van der Waals surface area contributed by atoms with E-state index in [4.69, 9.17) is 9.47 Å². The minimum Gasteiger partial charge on any atom is -0.379 e. The topological polar surface area (TPSA) is 21.7 Å². The van der Waals surface area contributed by atoms with Crippen LogP contribution in [0.4, 0.5) is 0 Å². The van der Waals surface area contributed by atoms with E-state index in [0.29, 0.717) is 17.9 Å². The first-order valence-corrected chi connectivity index (χ1v) is 14.5. The number of allylic oxidation sites excluding steroid dienone is 1. The predicted molar refractivity (Wildman–Crippen MR) is 144 cm³/mol. The van der Waals surface area contributed by atoms with Gasteiger partial charge in [-0.15, -0.1) is 0 Å². The van der Waals surface area contributed by atoms with E-state index in [0.717, 1.165) is 26.3 Å². The first kappa shape index (κ1) is 22.1. The normalized spacial score (nSPS) is 41.9. The highest BCUT2D eigenvalue weighted by Gasteiger charge is 2.66. The molecule has 0 aromatic heterocycles. The highest BCUT2D eigenvalue weighted by atomic mass is 16.5. The quantitative estimate of drug-likeness (QED) is 0.472. The first-order chi connectivity index (χ1) is 17.6. The number of morpholine rings is 1. The van der Waals surface area contributed by atoms with E-state index in [2.05, 4.69) is 66.4 Å². The zero-order chi connectivity index (χ0) is 24.0. The van der Waals surface area contributed by atoms with Crippen LogP contribution in [0.2, 0.25) is 0 Å². The van der Waals surface area contributed by atoms with E-state index < -0.39 is 0 Å². The van der Waals surface area contributed by atoms with Crippen LogP contribution >= 0.6 is 0 Å². The van der Waals surface area contributed by atoms with E-state index in [9.17, 15) is 0 Å². The van der Waals surface area contributed by atoms with Crippen molar-refractivity contribution in [1.29, 1.82) is 0 Å². The second-order valence-electron chi connectivity index (χ2n) is 12.9. The molecular formula is C33H39NO2. The van der Waals surface area contributed by atoms with Crippen molar-refractivity contribution in [3.63, 3.8) is 0 Å². The Balaban J connectivity index is 1.13. The number of rotatable bonds is 2. The lowest BCUT2D eigenvalue weighted by molar-refractivity contribution is -0.143. The second kappa shape index (κ2) is 7.79. The van der Waals surface area contributed by atoms with Crippen molar-refractivity contribution in [3.05, 3.63) is 71.3 Å². The largest absolute Gasteiger partial charge is 0.379 e. The molecule has 188 valence electrons. The molecule has 6 atom stereocenters. The van der Waals surface area contributed by atoms with Gasteiger partial charge in [0.05, 0.1) is 24.4 Å². The molecule has 2 saturated carbocycles. The fourth-order valence-electron chi connectivity index (χ4n) is 9.61. The number of nitrogens with zero attached hydrogens (tertiary/aromatic N) is 1. The summed E-state index contributed by atoms with van der Waals surface area (Å²) in [6.07, 6.45) is 15.1. The molecule has 2 spiro atoms. The minimum atomic E-state index is -0.0605. The van der Waals surface area contributed by atoms with Gasteiger partial charge in [-0.2, -0.15) is 0 Å². The summed E-state index contributed by atoms with van der Waals surface area (Å²) in [6.45, 7) is 6.55. The van der Waals surface area contributed by atoms with Crippen LogP contribution in [0.3, 0.4) is 0 Å². The highest BCUT2D eigenvalue weighted by Crippen LogP contribution is 2.69. The molecule has 6 aliphatic rings. The Hall–Kier alpha value is -1.94. The van der Waals surface area contributed by atoms with Crippen LogP contribution in [-0.4, -0.2) is 48.4 Å². The number of benzene rings is 2. The van der Waals surface area contributed by atoms with Gasteiger partial charge in [-0.1, -0.05) is 61.5 Å². The van der Waals surface area contributed by atoms with Crippen LogP contribution in [0.15, 0.2) is 65.8 Å². The number of fused-ring (bicyclic) bond motifs is 2. The smallest absolute Gasteiger partial charge is 0.0974 e. The number of ether oxygens (including phenoxy) is 2. The molecule has 36 heavy (non-hydrogen) atoms. The summed E-state index contributed by atoms with van der Waals surface area (Å²) >= 11 is 0. The molecule has 3 aliphatic heterocycles. The molecule has 0 N–H and O–H groups in total. The summed E-state index contributed by atoms with van der Waals surface area (Å²) in [6, 6.07) is 16.7. The van der Waals surface area contributed by atoms with Gasteiger partial charge < -0.3 is 9.47 Å². The van der Waals surface area contributed by atoms with Crippen molar-refractivity contribution in [2.45, 2.75) is 81.5 Å². The zero-order valence-corrected chi connectivity index (χ0v) is 21.7. The Morgan fingerprint density at radius 3 is 2.69 bits per heavy atom. The van der Waals surface area contributed by atoms with Crippen LogP contribution < -0.4 is 0 Å². The fourth-order valence-corrected chi connectivity index (χ4v) is 9.61. The standard InChI is InChI=1S/C33H39NO2/c1-31-13-12-27-21-26-8-9-28(34-16-18-35-19-17-34)22-32(26)14-15-33(27,36-32)30(31)11-10-29(31)25-7-6-23-4-2-3-5-24(23)20-25/h2-7,12,20-21,28-30H,8-11,13-19,22H2,1H3/t28-,29?,30+,31+,32+,33?/m0/s1. The molecule has 4 fully saturated rings. The molecule has 0 radical (unpaired) electrons. The summed E-state index contributed by atoms with van der Waals surface area (Å²) in [5.74, 6) is 1.22. The van der Waals surface area contributed by atoms with Crippen molar-refractivity contribution in [3.8, 4) is 0 Å². The third kappa shape index (κ3) is 2.97. The Bertz CT molecular complexity index is 1270. The summed E-state index contributed by atoms with van der Waals surface area (Å²) in [4.78, 5) is 2.70. The predicted octanol–water partition coefficient (Wildman–Crippen LogP) is 6.78. The van der Waals surface area contributed by atoms with Crippen LogP contribution in [0.1, 0.15) is 69.8 Å². The second-order valence-corrected chi connectivity index (χ2v) is 12.9. The van der Waals surface area contributed by atoms with Gasteiger partial charge in [0.2, 0.25) is 0 Å². The molecule has 2 unspecified atom stereocenters. The lowest BCUT2D eigenvalue weighted by Crippen LogP contribution is -2.56. The molecule has 2 saturated heterocycles. The van der Waals surface area contributed by atoms with Crippen LogP contribution in [0.5, 0.6) is 0 Å². The number of hydrogen-bond acceptors (Lipinski definition) is 3. The Morgan fingerprint density at radius 1 is 0.944 bits per heavy atom. The molecule has 2 bridgehead atoms. The third-order valence-electron chi connectivity index (χ3n) is 11.4. The van der Waals surface area contributed by atoms with E-state index in [1.807, 2.05) is 0 Å². The van der Waals surface area contributed by atoms with Crippen LogP contribution in [0, 0.1) is 11.3 Å². The Labute approximate surface area is 215 Å². The molecule has 3 aliphatic carbocycles. The molecule has 2 aromatic rings. The van der Waals surface area contributed by atoms with Gasteiger partial charge in [0, 0.05) is 19.1 Å². The third-order valence-corrected chi connectivity index (χ3v) is 11.4. The zero-order valence-electron chi connectivity index (χ0n) is 21.7. The fraction of sp³-hybridized carbons (Fsp3) is 0.576. The maximum atomic E-state index is 7.54. The maximum absolute atomic E-state index is 7.54. The average molecular weight is 482 g/mol. The van der Waals surface area contributed by atoms with E-state index in [1.165, 1.54) is 73.3 Å². The van der Waals surface area contributed by atoms with Gasteiger partial charge in [0.1, 0.15) is 0 Å². The van der Waals surface area contributed by atoms with E-state index in [-0.39, 0.29) is 16.6 Å². The van der Waals surface area contributed by atoms with Crippen molar-refractivity contribution in [2.24, 2.45) is 11.3 Å². The highest BCUT2D eigenvalue weighted by molar-refractivity contribution is 5.83. The molecule has 3 nitrogen and oxygen atoms in total. The van der Waals surface area contributed by atoms with E-state index >= 15 is 0 Å². The molecule has 0 amide bonds. The summed E-state index contributed by atoms with van der Waals surface area (Å²) in [5, 5.41) is 2.73. The SMILES string of the molecule is C[C@]12CC=C3C=C4CC[C@H](N5CCOCC5)C[C@]45CCC3(O5)[C@@H]1CCC2c1ccc2ccccc2c1. The molecular weight excluding hydrogens is 442 g/mol. The van der Waals surface area contributed by atoms with Crippen LogP contribution in [0.25, 0.3) is 10.8 Å².